The maximum atomic E-state index is 12.6. The van der Waals surface area contributed by atoms with Gasteiger partial charge in [0.05, 0.1) is 11.2 Å². The van der Waals surface area contributed by atoms with E-state index in [0.717, 1.165) is 15.6 Å². The summed E-state index contributed by atoms with van der Waals surface area (Å²) in [6.07, 6.45) is 1.45. The van der Waals surface area contributed by atoms with Crippen molar-refractivity contribution in [3.63, 3.8) is 0 Å². The van der Waals surface area contributed by atoms with Crippen LogP contribution in [-0.4, -0.2) is 24.7 Å². The summed E-state index contributed by atoms with van der Waals surface area (Å²) < 4.78 is 11.8. The number of thiophene rings is 1. The van der Waals surface area contributed by atoms with Crippen LogP contribution in [0.2, 0.25) is 5.02 Å². The Labute approximate surface area is 199 Å². The van der Waals surface area contributed by atoms with Crippen LogP contribution in [0.5, 0.6) is 11.5 Å². The first-order chi connectivity index (χ1) is 16.0. The van der Waals surface area contributed by atoms with Crippen LogP contribution < -0.4 is 14.9 Å². The van der Waals surface area contributed by atoms with Gasteiger partial charge >= 0.3 is 5.97 Å². The number of nitrogens with one attached hydrogen (secondary N) is 1. The summed E-state index contributed by atoms with van der Waals surface area (Å²) in [7, 11) is 0. The first-order valence-corrected chi connectivity index (χ1v) is 11.2. The average Bonchev–Trinajstić information content (AvgIpc) is 3.15. The fourth-order valence-electron chi connectivity index (χ4n) is 3.02. The second-order valence-electron chi connectivity index (χ2n) is 7.10. The van der Waals surface area contributed by atoms with E-state index in [1.54, 1.807) is 30.3 Å². The highest BCUT2D eigenvalue weighted by Crippen LogP contribution is 2.35. The maximum absolute atomic E-state index is 12.6. The number of carbonyl (C=O) groups is 2. The lowest BCUT2D eigenvalue weighted by atomic mass is 10.2. The standard InChI is InChI=1S/C25H19ClN2O4S/c1-16-6-4-8-18(12-16)31-15-22(29)28-27-14-17-7-5-9-19(13-17)32-25(30)24-23(26)20-10-2-3-11-21(20)33-24/h2-14H,15H2,1H3,(H,28,29)/b27-14+. The molecule has 0 aliphatic heterocycles. The van der Waals surface area contributed by atoms with Crippen molar-refractivity contribution in [1.82, 2.24) is 5.43 Å². The monoisotopic (exact) mass is 478 g/mol. The molecule has 0 aliphatic carbocycles. The zero-order valence-corrected chi connectivity index (χ0v) is 19.2. The van der Waals surface area contributed by atoms with Crippen LogP contribution in [0.15, 0.2) is 77.9 Å². The fourth-order valence-corrected chi connectivity index (χ4v) is 4.41. The number of aryl methyl sites for hydroxylation is 1. The first kappa shape index (κ1) is 22.5. The van der Waals surface area contributed by atoms with Gasteiger partial charge in [0.25, 0.3) is 5.91 Å². The minimum absolute atomic E-state index is 0.158. The van der Waals surface area contributed by atoms with Crippen molar-refractivity contribution in [1.29, 1.82) is 0 Å². The molecule has 1 N–H and O–H groups in total. The van der Waals surface area contributed by atoms with E-state index in [-0.39, 0.29) is 6.61 Å². The average molecular weight is 479 g/mol. The van der Waals surface area contributed by atoms with E-state index in [9.17, 15) is 9.59 Å². The van der Waals surface area contributed by atoms with E-state index in [2.05, 4.69) is 10.5 Å². The summed E-state index contributed by atoms with van der Waals surface area (Å²) in [4.78, 5) is 24.9. The molecule has 3 aromatic carbocycles. The number of esters is 1. The smallest absolute Gasteiger partial charge is 0.355 e. The number of benzene rings is 3. The zero-order chi connectivity index (χ0) is 23.2. The quantitative estimate of drug-likeness (QED) is 0.162. The number of nitrogens with zero attached hydrogens (tertiary/aromatic N) is 1. The SMILES string of the molecule is Cc1cccc(OCC(=O)N/N=C/c2cccc(OC(=O)c3sc4ccccc4c3Cl)c2)c1. The molecular weight excluding hydrogens is 460 g/mol. The molecule has 0 aliphatic rings. The summed E-state index contributed by atoms with van der Waals surface area (Å²) >= 11 is 7.64. The molecule has 166 valence electrons. The second kappa shape index (κ2) is 10.3. The molecule has 0 bridgehead atoms. The van der Waals surface area contributed by atoms with Gasteiger partial charge in [0.2, 0.25) is 0 Å². The molecule has 0 atom stereocenters. The first-order valence-electron chi connectivity index (χ1n) is 10.0. The van der Waals surface area contributed by atoms with Crippen LogP contribution in [-0.2, 0) is 4.79 Å². The Bertz CT molecular complexity index is 1350. The Morgan fingerprint density at radius 3 is 2.64 bits per heavy atom. The number of hydrazone groups is 1. The predicted molar refractivity (Wildman–Crippen MR) is 131 cm³/mol. The Balaban J connectivity index is 1.34. The Morgan fingerprint density at radius 1 is 1.03 bits per heavy atom. The molecule has 6 nitrogen and oxygen atoms in total. The Morgan fingerprint density at radius 2 is 1.82 bits per heavy atom. The van der Waals surface area contributed by atoms with Gasteiger partial charge in [0, 0.05) is 10.1 Å². The molecule has 4 rings (SSSR count). The summed E-state index contributed by atoms with van der Waals surface area (Å²) in [5.41, 5.74) is 4.09. The molecule has 33 heavy (non-hydrogen) atoms. The molecule has 0 spiro atoms. The summed E-state index contributed by atoms with van der Waals surface area (Å²) in [6, 6.07) is 21.7. The topological polar surface area (TPSA) is 77.0 Å². The van der Waals surface area contributed by atoms with E-state index in [0.29, 0.717) is 27.0 Å². The van der Waals surface area contributed by atoms with Crippen molar-refractivity contribution in [3.8, 4) is 11.5 Å². The number of ether oxygens (including phenoxy) is 2. The van der Waals surface area contributed by atoms with Crippen LogP contribution in [0.4, 0.5) is 0 Å². The third-order valence-electron chi connectivity index (χ3n) is 4.55. The third-order valence-corrected chi connectivity index (χ3v) is 6.21. The largest absolute Gasteiger partial charge is 0.484 e. The van der Waals surface area contributed by atoms with Gasteiger partial charge in [-0.25, -0.2) is 10.2 Å². The molecule has 0 saturated carbocycles. The minimum Gasteiger partial charge on any atom is -0.484 e. The maximum Gasteiger partial charge on any atom is 0.355 e. The number of hydrogen-bond donors (Lipinski definition) is 1. The van der Waals surface area contributed by atoms with Gasteiger partial charge in [-0.1, -0.05) is 54.1 Å². The van der Waals surface area contributed by atoms with E-state index in [1.165, 1.54) is 17.6 Å². The van der Waals surface area contributed by atoms with Gasteiger partial charge in [0.15, 0.2) is 6.61 Å². The zero-order valence-electron chi connectivity index (χ0n) is 17.6. The molecule has 4 aromatic rings. The molecule has 0 saturated heterocycles. The minimum atomic E-state index is -0.531. The van der Waals surface area contributed by atoms with Gasteiger partial charge < -0.3 is 9.47 Å². The molecular formula is C25H19ClN2O4S. The van der Waals surface area contributed by atoms with E-state index >= 15 is 0 Å². The van der Waals surface area contributed by atoms with Gasteiger partial charge in [-0.2, -0.15) is 5.10 Å². The number of fused-ring (bicyclic) bond motifs is 1. The normalized spacial score (nSPS) is 11.0. The lowest BCUT2D eigenvalue weighted by Gasteiger charge is -2.06. The van der Waals surface area contributed by atoms with Crippen LogP contribution in [0.25, 0.3) is 10.1 Å². The molecule has 1 aromatic heterocycles. The molecule has 0 radical (unpaired) electrons. The van der Waals surface area contributed by atoms with Gasteiger partial charge in [-0.05, 0) is 48.4 Å². The van der Waals surface area contributed by atoms with Gasteiger partial charge in [-0.15, -0.1) is 11.3 Å². The fraction of sp³-hybridized carbons (Fsp3) is 0.0800. The molecule has 1 amide bonds. The highest BCUT2D eigenvalue weighted by atomic mass is 35.5. The highest BCUT2D eigenvalue weighted by Gasteiger charge is 2.19. The number of hydrogen-bond acceptors (Lipinski definition) is 6. The summed E-state index contributed by atoms with van der Waals surface area (Å²) in [5.74, 6) is 0.0283. The van der Waals surface area contributed by atoms with Crippen LogP contribution >= 0.6 is 22.9 Å². The van der Waals surface area contributed by atoms with Gasteiger partial charge in [-0.3, -0.25) is 4.79 Å². The Kier molecular flexibility index (Phi) is 7.02. The van der Waals surface area contributed by atoms with Crippen molar-refractivity contribution in [2.24, 2.45) is 5.10 Å². The summed E-state index contributed by atoms with van der Waals surface area (Å²) in [5, 5.41) is 5.13. The number of rotatable bonds is 7. The molecule has 8 heteroatoms. The third kappa shape index (κ3) is 5.77. The van der Waals surface area contributed by atoms with E-state index in [4.69, 9.17) is 21.1 Å². The highest BCUT2D eigenvalue weighted by molar-refractivity contribution is 7.21. The predicted octanol–water partition coefficient (Wildman–Crippen LogP) is 5.61. The van der Waals surface area contributed by atoms with Crippen molar-refractivity contribution in [2.45, 2.75) is 6.92 Å². The van der Waals surface area contributed by atoms with E-state index in [1.807, 2.05) is 49.4 Å². The molecule has 0 unspecified atom stereocenters. The van der Waals surface area contributed by atoms with Gasteiger partial charge in [0.1, 0.15) is 16.4 Å². The van der Waals surface area contributed by atoms with Crippen molar-refractivity contribution < 1.29 is 19.1 Å². The second-order valence-corrected chi connectivity index (χ2v) is 8.53. The Hall–Kier alpha value is -3.68. The lowest BCUT2D eigenvalue weighted by Crippen LogP contribution is -2.24. The number of halogens is 1. The molecule has 1 heterocycles. The number of carbonyl (C=O) groups excluding carboxylic acids is 2. The summed E-state index contributed by atoms with van der Waals surface area (Å²) in [6.45, 7) is 1.79. The van der Waals surface area contributed by atoms with Crippen LogP contribution in [0.3, 0.4) is 0 Å². The molecule has 0 fully saturated rings. The lowest BCUT2D eigenvalue weighted by molar-refractivity contribution is -0.123. The van der Waals surface area contributed by atoms with Crippen molar-refractivity contribution in [3.05, 3.63) is 93.8 Å². The van der Waals surface area contributed by atoms with Crippen molar-refractivity contribution in [2.75, 3.05) is 6.61 Å². The van der Waals surface area contributed by atoms with E-state index < -0.39 is 11.9 Å². The van der Waals surface area contributed by atoms with Crippen LogP contribution in [0, 0.1) is 6.92 Å². The number of amides is 1. The van der Waals surface area contributed by atoms with Crippen molar-refractivity contribution >= 4 is 51.1 Å². The van der Waals surface area contributed by atoms with Crippen LogP contribution in [0.1, 0.15) is 20.8 Å².